The maximum absolute atomic E-state index is 2.26. The van der Waals surface area contributed by atoms with E-state index in [-0.39, 0.29) is 0 Å². The summed E-state index contributed by atoms with van der Waals surface area (Å²) >= 11 is 0. The van der Waals surface area contributed by atoms with E-state index in [1.165, 1.54) is 12.1 Å². The average molecular weight is 153 g/mol. The SMILES string of the molecule is C/C=C\C=C(\C)N(C)CCC. The van der Waals surface area contributed by atoms with Gasteiger partial charge in [-0.05, 0) is 26.3 Å². The standard InChI is InChI=1S/C10H19N/c1-5-7-8-10(3)11(4)9-6-2/h5,7-8H,6,9H2,1-4H3/b7-5-,10-8-. The highest BCUT2D eigenvalue weighted by Gasteiger charge is 1.93. The summed E-state index contributed by atoms with van der Waals surface area (Å²) in [5.74, 6) is 0. The Balaban J connectivity index is 3.89. The largest absolute Gasteiger partial charge is 0.378 e. The summed E-state index contributed by atoms with van der Waals surface area (Å²) in [5.41, 5.74) is 1.32. The third kappa shape index (κ3) is 4.65. The molecule has 1 nitrogen and oxygen atoms in total. The number of rotatable bonds is 4. The summed E-state index contributed by atoms with van der Waals surface area (Å²) < 4.78 is 0. The van der Waals surface area contributed by atoms with Gasteiger partial charge in [0.2, 0.25) is 0 Å². The number of allylic oxidation sites excluding steroid dienone is 4. The second-order valence-corrected chi connectivity index (χ2v) is 2.76. The van der Waals surface area contributed by atoms with Crippen LogP contribution in [0.3, 0.4) is 0 Å². The predicted octanol–water partition coefficient (Wildman–Crippen LogP) is 2.81. The lowest BCUT2D eigenvalue weighted by atomic mass is 10.3. The Kier molecular flexibility index (Phi) is 5.63. The van der Waals surface area contributed by atoms with Crippen molar-refractivity contribution in [3.8, 4) is 0 Å². The first-order valence-electron chi connectivity index (χ1n) is 4.23. The maximum Gasteiger partial charge on any atom is 0.0169 e. The molecule has 0 radical (unpaired) electrons. The Morgan fingerprint density at radius 1 is 1.45 bits per heavy atom. The molecule has 1 heteroatoms. The van der Waals surface area contributed by atoms with Crippen LogP contribution >= 0.6 is 0 Å². The Morgan fingerprint density at radius 3 is 2.55 bits per heavy atom. The molecule has 0 aromatic rings. The van der Waals surface area contributed by atoms with Crippen LogP contribution in [0, 0.1) is 0 Å². The molecule has 0 N–H and O–H groups in total. The summed E-state index contributed by atoms with van der Waals surface area (Å²) in [6.07, 6.45) is 7.46. The quantitative estimate of drug-likeness (QED) is 0.561. The molecule has 0 bridgehead atoms. The molecule has 0 saturated heterocycles. The lowest BCUT2D eigenvalue weighted by molar-refractivity contribution is 0.418. The van der Waals surface area contributed by atoms with Crippen LogP contribution in [-0.2, 0) is 0 Å². The summed E-state index contributed by atoms with van der Waals surface area (Å²) in [5, 5.41) is 0. The van der Waals surface area contributed by atoms with E-state index >= 15 is 0 Å². The van der Waals surface area contributed by atoms with Gasteiger partial charge in [0.25, 0.3) is 0 Å². The van der Waals surface area contributed by atoms with Crippen LogP contribution in [0.4, 0.5) is 0 Å². The lowest BCUT2D eigenvalue weighted by Crippen LogP contribution is -2.16. The number of hydrogen-bond donors (Lipinski definition) is 0. The molecular weight excluding hydrogens is 134 g/mol. The van der Waals surface area contributed by atoms with Gasteiger partial charge >= 0.3 is 0 Å². The van der Waals surface area contributed by atoms with Gasteiger partial charge in [0, 0.05) is 19.3 Å². The zero-order chi connectivity index (χ0) is 8.69. The normalized spacial score (nSPS) is 12.5. The molecule has 0 aromatic heterocycles. The van der Waals surface area contributed by atoms with Crippen molar-refractivity contribution < 1.29 is 0 Å². The minimum Gasteiger partial charge on any atom is -0.378 e. The van der Waals surface area contributed by atoms with Crippen molar-refractivity contribution >= 4 is 0 Å². The van der Waals surface area contributed by atoms with Gasteiger partial charge in [0.1, 0.15) is 0 Å². The lowest BCUT2D eigenvalue weighted by Gasteiger charge is -2.18. The zero-order valence-electron chi connectivity index (χ0n) is 8.09. The predicted molar refractivity (Wildman–Crippen MR) is 51.5 cm³/mol. The molecule has 0 spiro atoms. The summed E-state index contributed by atoms with van der Waals surface area (Å²) in [4.78, 5) is 2.26. The van der Waals surface area contributed by atoms with Gasteiger partial charge in [-0.25, -0.2) is 0 Å². The van der Waals surface area contributed by atoms with Crippen LogP contribution in [0.5, 0.6) is 0 Å². The summed E-state index contributed by atoms with van der Waals surface area (Å²) in [6.45, 7) is 7.50. The highest BCUT2D eigenvalue weighted by Crippen LogP contribution is 2.00. The first-order valence-corrected chi connectivity index (χ1v) is 4.23. The van der Waals surface area contributed by atoms with Crippen LogP contribution < -0.4 is 0 Å². The Morgan fingerprint density at radius 2 is 2.09 bits per heavy atom. The molecule has 0 saturated carbocycles. The topological polar surface area (TPSA) is 3.24 Å². The van der Waals surface area contributed by atoms with Crippen LogP contribution in [-0.4, -0.2) is 18.5 Å². The third-order valence-electron chi connectivity index (χ3n) is 1.69. The van der Waals surface area contributed by atoms with Crippen molar-refractivity contribution in [1.29, 1.82) is 0 Å². The van der Waals surface area contributed by atoms with E-state index in [2.05, 4.69) is 37.9 Å². The van der Waals surface area contributed by atoms with Gasteiger partial charge < -0.3 is 4.90 Å². The maximum atomic E-state index is 2.26. The van der Waals surface area contributed by atoms with E-state index in [0.29, 0.717) is 0 Å². The van der Waals surface area contributed by atoms with Crippen molar-refractivity contribution in [2.24, 2.45) is 0 Å². The number of hydrogen-bond acceptors (Lipinski definition) is 1. The van der Waals surface area contributed by atoms with Crippen molar-refractivity contribution in [3.05, 3.63) is 23.9 Å². The minimum absolute atomic E-state index is 1.14. The van der Waals surface area contributed by atoms with Crippen molar-refractivity contribution in [2.75, 3.05) is 13.6 Å². The van der Waals surface area contributed by atoms with Crippen LogP contribution in [0.15, 0.2) is 23.9 Å². The van der Waals surface area contributed by atoms with Crippen molar-refractivity contribution in [1.82, 2.24) is 4.90 Å². The molecule has 0 aliphatic heterocycles. The van der Waals surface area contributed by atoms with Crippen molar-refractivity contribution in [2.45, 2.75) is 27.2 Å². The first kappa shape index (κ1) is 10.3. The minimum atomic E-state index is 1.14. The highest BCUT2D eigenvalue weighted by molar-refractivity contribution is 5.08. The molecule has 11 heavy (non-hydrogen) atoms. The molecule has 0 aliphatic carbocycles. The van der Waals surface area contributed by atoms with E-state index in [9.17, 15) is 0 Å². The first-order chi connectivity index (χ1) is 5.22. The molecular formula is C10H19N. The third-order valence-corrected chi connectivity index (χ3v) is 1.69. The molecule has 0 atom stereocenters. The summed E-state index contributed by atoms with van der Waals surface area (Å²) in [7, 11) is 2.12. The Hall–Kier alpha value is -0.720. The molecule has 0 unspecified atom stereocenters. The molecule has 0 aromatic carbocycles. The molecule has 0 aliphatic rings. The fraction of sp³-hybridized carbons (Fsp3) is 0.600. The molecule has 0 fully saturated rings. The average Bonchev–Trinajstić information content (AvgIpc) is 2.00. The van der Waals surface area contributed by atoms with E-state index in [1.807, 2.05) is 13.0 Å². The smallest absolute Gasteiger partial charge is 0.0169 e. The van der Waals surface area contributed by atoms with Gasteiger partial charge in [0.05, 0.1) is 0 Å². The van der Waals surface area contributed by atoms with Crippen LogP contribution in [0.25, 0.3) is 0 Å². The van der Waals surface area contributed by atoms with E-state index in [1.54, 1.807) is 0 Å². The monoisotopic (exact) mass is 153 g/mol. The van der Waals surface area contributed by atoms with E-state index in [0.717, 1.165) is 6.54 Å². The van der Waals surface area contributed by atoms with E-state index < -0.39 is 0 Å². The zero-order valence-corrected chi connectivity index (χ0v) is 8.09. The van der Waals surface area contributed by atoms with Crippen molar-refractivity contribution in [3.63, 3.8) is 0 Å². The second-order valence-electron chi connectivity index (χ2n) is 2.76. The van der Waals surface area contributed by atoms with Gasteiger partial charge in [-0.15, -0.1) is 0 Å². The van der Waals surface area contributed by atoms with Gasteiger partial charge in [-0.2, -0.15) is 0 Å². The highest BCUT2D eigenvalue weighted by atomic mass is 15.1. The van der Waals surface area contributed by atoms with Gasteiger partial charge in [-0.3, -0.25) is 0 Å². The fourth-order valence-corrected chi connectivity index (χ4v) is 0.874. The van der Waals surface area contributed by atoms with Gasteiger partial charge in [0.15, 0.2) is 0 Å². The van der Waals surface area contributed by atoms with E-state index in [4.69, 9.17) is 0 Å². The van der Waals surface area contributed by atoms with Crippen LogP contribution in [0.2, 0.25) is 0 Å². The Labute approximate surface area is 70.4 Å². The summed E-state index contributed by atoms with van der Waals surface area (Å²) in [6, 6.07) is 0. The molecule has 0 heterocycles. The Bertz CT molecular complexity index is 145. The second kappa shape index (κ2) is 6.02. The molecule has 0 amide bonds. The molecule has 0 rings (SSSR count). The number of nitrogens with zero attached hydrogens (tertiary/aromatic N) is 1. The molecule has 64 valence electrons. The van der Waals surface area contributed by atoms with Crippen LogP contribution in [0.1, 0.15) is 27.2 Å². The fourth-order valence-electron chi connectivity index (χ4n) is 0.874. The van der Waals surface area contributed by atoms with Gasteiger partial charge in [-0.1, -0.05) is 19.1 Å².